The lowest BCUT2D eigenvalue weighted by molar-refractivity contribution is -0.124. The molecule has 0 aromatic heterocycles. The number of phenols is 1. The van der Waals surface area contributed by atoms with Crippen molar-refractivity contribution >= 4 is 35.2 Å². The Morgan fingerprint density at radius 2 is 2.04 bits per heavy atom. The monoisotopic (exact) mass is 357 g/mol. The lowest BCUT2D eigenvalue weighted by atomic mass is 10.0. The van der Waals surface area contributed by atoms with Crippen molar-refractivity contribution in [2.24, 2.45) is 0 Å². The van der Waals surface area contributed by atoms with Crippen LogP contribution in [0.15, 0.2) is 42.5 Å². The van der Waals surface area contributed by atoms with Crippen LogP contribution in [-0.2, 0) is 16.0 Å². The van der Waals surface area contributed by atoms with Gasteiger partial charge in [-0.05, 0) is 54.0 Å². The van der Waals surface area contributed by atoms with E-state index < -0.39 is 5.91 Å². The molecule has 1 N–H and O–H groups in total. The summed E-state index contributed by atoms with van der Waals surface area (Å²) in [5.41, 5.74) is 2.11. The highest BCUT2D eigenvalue weighted by atomic mass is 35.5. The molecule has 6 heteroatoms. The van der Waals surface area contributed by atoms with Gasteiger partial charge in [0, 0.05) is 17.5 Å². The summed E-state index contributed by atoms with van der Waals surface area (Å²) >= 11 is 5.99. The van der Waals surface area contributed by atoms with Crippen molar-refractivity contribution in [3.05, 3.63) is 58.6 Å². The van der Waals surface area contributed by atoms with E-state index >= 15 is 0 Å². The lowest BCUT2D eigenvalue weighted by Gasteiger charge is -2.26. The van der Waals surface area contributed by atoms with Gasteiger partial charge in [-0.15, -0.1) is 0 Å². The molecule has 25 heavy (non-hydrogen) atoms. The second-order valence-corrected chi connectivity index (χ2v) is 6.04. The largest absolute Gasteiger partial charge is 0.504 e. The molecule has 2 aromatic rings. The molecular formula is C19H16ClNO4. The summed E-state index contributed by atoms with van der Waals surface area (Å²) < 4.78 is 5.04. The summed E-state index contributed by atoms with van der Waals surface area (Å²) in [6, 6.07) is 9.85. The highest BCUT2D eigenvalue weighted by Crippen LogP contribution is 2.31. The first kappa shape index (κ1) is 17.0. The van der Waals surface area contributed by atoms with Gasteiger partial charge in [0.15, 0.2) is 11.5 Å². The molecule has 0 fully saturated rings. The molecule has 128 valence electrons. The molecule has 0 unspecified atom stereocenters. The molecule has 0 aliphatic carbocycles. The third-order valence-corrected chi connectivity index (χ3v) is 4.22. The molecule has 0 saturated heterocycles. The number of fused-ring (bicyclic) bond motifs is 1. The van der Waals surface area contributed by atoms with Crippen molar-refractivity contribution in [3.63, 3.8) is 0 Å². The summed E-state index contributed by atoms with van der Waals surface area (Å²) in [7, 11) is 1.45. The van der Waals surface area contributed by atoms with Crippen LogP contribution in [0.2, 0.25) is 5.02 Å². The zero-order valence-corrected chi connectivity index (χ0v) is 14.3. The fraction of sp³-hybridized carbons (Fsp3) is 0.158. The van der Waals surface area contributed by atoms with Crippen LogP contribution in [0.25, 0.3) is 6.08 Å². The minimum Gasteiger partial charge on any atom is -0.504 e. The van der Waals surface area contributed by atoms with Gasteiger partial charge in [-0.25, -0.2) is 4.90 Å². The Morgan fingerprint density at radius 3 is 2.80 bits per heavy atom. The van der Waals surface area contributed by atoms with Crippen LogP contribution in [0.5, 0.6) is 11.5 Å². The van der Waals surface area contributed by atoms with Crippen molar-refractivity contribution in [2.75, 3.05) is 12.0 Å². The Kier molecular flexibility index (Phi) is 4.76. The summed E-state index contributed by atoms with van der Waals surface area (Å²) in [6.45, 7) is 0. The lowest BCUT2D eigenvalue weighted by Crippen LogP contribution is -2.39. The number of phenolic OH excluding ortho intramolecular Hbond substituents is 1. The SMILES string of the molecule is COc1cc(C=CC(=O)N2C(=O)CCc3cc(Cl)ccc32)ccc1O. The van der Waals surface area contributed by atoms with Crippen molar-refractivity contribution in [2.45, 2.75) is 12.8 Å². The molecule has 0 spiro atoms. The van der Waals surface area contributed by atoms with Crippen LogP contribution in [0, 0.1) is 0 Å². The minimum absolute atomic E-state index is 0.0167. The molecule has 1 heterocycles. The fourth-order valence-electron chi connectivity index (χ4n) is 2.74. The van der Waals surface area contributed by atoms with Gasteiger partial charge in [-0.1, -0.05) is 17.7 Å². The highest BCUT2D eigenvalue weighted by Gasteiger charge is 2.28. The molecule has 1 aliphatic rings. The predicted molar refractivity (Wildman–Crippen MR) is 96.0 cm³/mol. The average Bonchev–Trinajstić information content (AvgIpc) is 2.60. The number of carbonyl (C=O) groups is 2. The van der Waals surface area contributed by atoms with Crippen LogP contribution in [0.4, 0.5) is 5.69 Å². The van der Waals surface area contributed by atoms with E-state index in [4.69, 9.17) is 16.3 Å². The number of imide groups is 1. The molecule has 0 saturated carbocycles. The zero-order chi connectivity index (χ0) is 18.0. The van der Waals surface area contributed by atoms with Crippen LogP contribution < -0.4 is 9.64 Å². The molecule has 3 rings (SSSR count). The normalized spacial score (nSPS) is 13.8. The zero-order valence-electron chi connectivity index (χ0n) is 13.5. The summed E-state index contributed by atoms with van der Waals surface area (Å²) in [5, 5.41) is 10.2. The van der Waals surface area contributed by atoms with E-state index in [0.29, 0.717) is 28.4 Å². The summed E-state index contributed by atoms with van der Waals surface area (Å²) in [4.78, 5) is 26.0. The maximum atomic E-state index is 12.6. The molecule has 0 atom stereocenters. The number of halogens is 1. The fourth-order valence-corrected chi connectivity index (χ4v) is 2.94. The van der Waals surface area contributed by atoms with Gasteiger partial charge in [0.05, 0.1) is 12.8 Å². The number of hydrogen-bond donors (Lipinski definition) is 1. The number of rotatable bonds is 3. The van der Waals surface area contributed by atoms with E-state index in [2.05, 4.69) is 0 Å². The Bertz CT molecular complexity index is 876. The van der Waals surface area contributed by atoms with E-state index in [9.17, 15) is 14.7 Å². The maximum absolute atomic E-state index is 12.6. The van der Waals surface area contributed by atoms with Gasteiger partial charge in [-0.3, -0.25) is 9.59 Å². The maximum Gasteiger partial charge on any atom is 0.257 e. The van der Waals surface area contributed by atoms with Crippen LogP contribution >= 0.6 is 11.6 Å². The minimum atomic E-state index is -0.430. The van der Waals surface area contributed by atoms with E-state index in [1.165, 1.54) is 24.2 Å². The summed E-state index contributed by atoms with van der Waals surface area (Å²) in [5.74, 6) is -0.348. The average molecular weight is 358 g/mol. The molecule has 2 amide bonds. The molecule has 5 nitrogen and oxygen atoms in total. The van der Waals surface area contributed by atoms with Crippen LogP contribution in [-0.4, -0.2) is 24.0 Å². The Balaban J connectivity index is 1.87. The van der Waals surface area contributed by atoms with E-state index in [1.54, 1.807) is 36.4 Å². The number of anilines is 1. The first-order valence-electron chi connectivity index (χ1n) is 7.70. The third kappa shape index (κ3) is 3.51. The Hall–Kier alpha value is -2.79. The summed E-state index contributed by atoms with van der Waals surface area (Å²) in [6.07, 6.45) is 3.73. The van der Waals surface area contributed by atoms with Gasteiger partial charge in [0.2, 0.25) is 5.91 Å². The first-order valence-corrected chi connectivity index (χ1v) is 8.08. The van der Waals surface area contributed by atoms with Crippen LogP contribution in [0.1, 0.15) is 17.5 Å². The van der Waals surface area contributed by atoms with Crippen molar-refractivity contribution in [1.82, 2.24) is 0 Å². The molecule has 0 bridgehead atoms. The van der Waals surface area contributed by atoms with Gasteiger partial charge in [0.1, 0.15) is 0 Å². The van der Waals surface area contributed by atoms with E-state index in [1.807, 2.05) is 0 Å². The first-order chi connectivity index (χ1) is 12.0. The second kappa shape index (κ2) is 6.99. The number of aromatic hydroxyl groups is 1. The number of hydrogen-bond acceptors (Lipinski definition) is 4. The van der Waals surface area contributed by atoms with Crippen molar-refractivity contribution in [3.8, 4) is 11.5 Å². The Morgan fingerprint density at radius 1 is 1.24 bits per heavy atom. The van der Waals surface area contributed by atoms with Gasteiger partial charge < -0.3 is 9.84 Å². The number of methoxy groups -OCH3 is 1. The molecular weight excluding hydrogens is 342 g/mol. The number of ether oxygens (including phenoxy) is 1. The second-order valence-electron chi connectivity index (χ2n) is 5.61. The molecule has 2 aromatic carbocycles. The molecule has 0 radical (unpaired) electrons. The van der Waals surface area contributed by atoms with Gasteiger partial charge >= 0.3 is 0 Å². The standard InChI is InChI=1S/C19H16ClNO4/c1-25-17-10-12(2-7-16(17)22)3-8-18(23)21-15-6-5-14(20)11-13(15)4-9-19(21)24/h2-3,5-8,10-11,22H,4,9H2,1H3. The van der Waals surface area contributed by atoms with E-state index in [-0.39, 0.29) is 18.1 Å². The topological polar surface area (TPSA) is 66.8 Å². The molecule has 1 aliphatic heterocycles. The van der Waals surface area contributed by atoms with Gasteiger partial charge in [-0.2, -0.15) is 0 Å². The number of nitrogens with zero attached hydrogens (tertiary/aromatic N) is 1. The number of amides is 2. The quantitative estimate of drug-likeness (QED) is 0.853. The number of benzene rings is 2. The third-order valence-electron chi connectivity index (χ3n) is 3.98. The van der Waals surface area contributed by atoms with E-state index in [0.717, 1.165) is 5.56 Å². The smallest absolute Gasteiger partial charge is 0.257 e. The van der Waals surface area contributed by atoms with Gasteiger partial charge in [0.25, 0.3) is 5.91 Å². The predicted octanol–water partition coefficient (Wildman–Crippen LogP) is 3.57. The van der Waals surface area contributed by atoms with Crippen molar-refractivity contribution in [1.29, 1.82) is 0 Å². The van der Waals surface area contributed by atoms with Crippen LogP contribution in [0.3, 0.4) is 0 Å². The highest BCUT2D eigenvalue weighted by molar-refractivity contribution is 6.31. The Labute approximate surface area is 150 Å². The number of carbonyl (C=O) groups excluding carboxylic acids is 2. The van der Waals surface area contributed by atoms with Crippen molar-refractivity contribution < 1.29 is 19.4 Å². The number of aryl methyl sites for hydroxylation is 1.